The maximum atomic E-state index is 10.9. The molecule has 84 valence electrons. The van der Waals surface area contributed by atoms with Crippen molar-refractivity contribution >= 4 is 17.3 Å². The van der Waals surface area contributed by atoms with Crippen LogP contribution >= 0.6 is 0 Å². The monoisotopic (exact) mass is 218 g/mol. The van der Waals surface area contributed by atoms with Crippen molar-refractivity contribution in [2.75, 3.05) is 23.3 Å². The average Bonchev–Trinajstić information content (AvgIpc) is 3.08. The van der Waals surface area contributed by atoms with Crippen molar-refractivity contribution in [1.82, 2.24) is 0 Å². The average molecular weight is 218 g/mol. The van der Waals surface area contributed by atoms with Crippen molar-refractivity contribution in [2.24, 2.45) is 5.92 Å². The van der Waals surface area contributed by atoms with Crippen molar-refractivity contribution < 1.29 is 9.90 Å². The normalized spacial score (nSPS) is 26.9. The van der Waals surface area contributed by atoms with Gasteiger partial charge in [-0.3, -0.25) is 4.79 Å². The van der Waals surface area contributed by atoms with Crippen LogP contribution in [-0.2, 0) is 4.79 Å². The van der Waals surface area contributed by atoms with Crippen LogP contribution in [0.2, 0.25) is 0 Å². The summed E-state index contributed by atoms with van der Waals surface area (Å²) in [4.78, 5) is 13.1. The molecular weight excluding hydrogens is 204 g/mol. The number of carboxylic acids is 1. The van der Waals surface area contributed by atoms with E-state index in [1.807, 2.05) is 18.2 Å². The molecule has 0 spiro atoms. The van der Waals surface area contributed by atoms with Gasteiger partial charge in [-0.15, -0.1) is 0 Å². The first kappa shape index (κ1) is 9.51. The number of nitrogens with zero attached hydrogens (tertiary/aromatic N) is 1. The highest BCUT2D eigenvalue weighted by atomic mass is 16.4. The SMILES string of the molecule is O=C(O)C1CC1N1CCNc2ccccc21. The molecule has 2 N–H and O–H groups in total. The molecule has 1 aromatic carbocycles. The van der Waals surface area contributed by atoms with Crippen molar-refractivity contribution in [1.29, 1.82) is 0 Å². The zero-order valence-corrected chi connectivity index (χ0v) is 8.89. The van der Waals surface area contributed by atoms with Gasteiger partial charge in [-0.1, -0.05) is 12.1 Å². The molecule has 0 amide bonds. The van der Waals surface area contributed by atoms with Crippen molar-refractivity contribution in [2.45, 2.75) is 12.5 Å². The summed E-state index contributed by atoms with van der Waals surface area (Å²) in [5.41, 5.74) is 2.26. The highest BCUT2D eigenvalue weighted by molar-refractivity contribution is 5.79. The van der Waals surface area contributed by atoms with Crippen molar-refractivity contribution in [3.8, 4) is 0 Å². The lowest BCUT2D eigenvalue weighted by Gasteiger charge is -2.32. The number of rotatable bonds is 2. The summed E-state index contributed by atoms with van der Waals surface area (Å²) in [7, 11) is 0. The number of hydrogen-bond donors (Lipinski definition) is 2. The number of carboxylic acid groups (broad SMARTS) is 1. The van der Waals surface area contributed by atoms with Gasteiger partial charge in [0.1, 0.15) is 0 Å². The Hall–Kier alpha value is -1.71. The molecule has 1 fully saturated rings. The minimum Gasteiger partial charge on any atom is -0.481 e. The Morgan fingerprint density at radius 1 is 1.44 bits per heavy atom. The Morgan fingerprint density at radius 2 is 2.25 bits per heavy atom. The number of hydrogen-bond acceptors (Lipinski definition) is 3. The molecule has 0 saturated heterocycles. The Kier molecular flexibility index (Phi) is 2.02. The third-order valence-corrected chi connectivity index (χ3v) is 3.36. The van der Waals surface area contributed by atoms with E-state index in [1.54, 1.807) is 0 Å². The van der Waals surface area contributed by atoms with E-state index >= 15 is 0 Å². The summed E-state index contributed by atoms with van der Waals surface area (Å²) in [6.45, 7) is 1.78. The van der Waals surface area contributed by atoms with Gasteiger partial charge in [0.15, 0.2) is 0 Å². The van der Waals surface area contributed by atoms with Crippen LogP contribution in [0.15, 0.2) is 24.3 Å². The second-order valence-electron chi connectivity index (χ2n) is 4.39. The number of para-hydroxylation sites is 2. The fourth-order valence-electron chi connectivity index (χ4n) is 2.44. The summed E-state index contributed by atoms with van der Waals surface area (Å²) < 4.78 is 0. The number of nitrogens with one attached hydrogen (secondary N) is 1. The molecule has 1 aromatic rings. The predicted octanol–water partition coefficient (Wildman–Crippen LogP) is 1.39. The van der Waals surface area contributed by atoms with Gasteiger partial charge >= 0.3 is 5.97 Å². The summed E-state index contributed by atoms with van der Waals surface area (Å²) in [6.07, 6.45) is 0.781. The minimum atomic E-state index is -0.666. The zero-order chi connectivity index (χ0) is 11.1. The molecular formula is C12H14N2O2. The second kappa shape index (κ2) is 3.40. The van der Waals surface area contributed by atoms with E-state index < -0.39 is 5.97 Å². The summed E-state index contributed by atoms with van der Waals surface area (Å²) >= 11 is 0. The van der Waals surface area contributed by atoms with Gasteiger partial charge in [-0.25, -0.2) is 0 Å². The molecule has 1 aliphatic heterocycles. The van der Waals surface area contributed by atoms with Crippen molar-refractivity contribution in [3.63, 3.8) is 0 Å². The highest BCUT2D eigenvalue weighted by Gasteiger charge is 2.48. The van der Waals surface area contributed by atoms with Gasteiger partial charge in [0.05, 0.1) is 17.3 Å². The summed E-state index contributed by atoms with van der Waals surface area (Å²) in [5.74, 6) is -0.841. The fourth-order valence-corrected chi connectivity index (χ4v) is 2.44. The molecule has 1 aliphatic carbocycles. The second-order valence-corrected chi connectivity index (χ2v) is 4.39. The number of benzene rings is 1. The quantitative estimate of drug-likeness (QED) is 0.787. The van der Waals surface area contributed by atoms with E-state index in [0.717, 1.165) is 30.9 Å². The van der Waals surface area contributed by atoms with Gasteiger partial charge in [0, 0.05) is 19.1 Å². The van der Waals surface area contributed by atoms with Crippen LogP contribution in [-0.4, -0.2) is 30.2 Å². The van der Waals surface area contributed by atoms with Crippen LogP contribution in [0.3, 0.4) is 0 Å². The smallest absolute Gasteiger partial charge is 0.308 e. The Morgan fingerprint density at radius 3 is 3.00 bits per heavy atom. The molecule has 3 rings (SSSR count). The summed E-state index contributed by atoms with van der Waals surface area (Å²) in [6, 6.07) is 8.28. The van der Waals surface area contributed by atoms with Gasteiger partial charge in [-0.05, 0) is 18.6 Å². The zero-order valence-electron chi connectivity index (χ0n) is 8.89. The number of fused-ring (bicyclic) bond motifs is 1. The highest BCUT2D eigenvalue weighted by Crippen LogP contribution is 2.41. The lowest BCUT2D eigenvalue weighted by molar-refractivity contribution is -0.138. The molecule has 4 heteroatoms. The van der Waals surface area contributed by atoms with Gasteiger partial charge in [0.25, 0.3) is 0 Å². The molecule has 2 unspecified atom stereocenters. The molecule has 1 saturated carbocycles. The van der Waals surface area contributed by atoms with Crippen LogP contribution in [0.5, 0.6) is 0 Å². The topological polar surface area (TPSA) is 52.6 Å². The molecule has 0 bridgehead atoms. The molecule has 2 atom stereocenters. The van der Waals surface area contributed by atoms with Crippen LogP contribution in [0.1, 0.15) is 6.42 Å². The summed E-state index contributed by atoms with van der Waals surface area (Å²) in [5, 5.41) is 12.3. The van der Waals surface area contributed by atoms with Gasteiger partial charge < -0.3 is 15.3 Å². The Balaban J connectivity index is 1.86. The van der Waals surface area contributed by atoms with Crippen LogP contribution in [0, 0.1) is 5.92 Å². The number of aliphatic carboxylic acids is 1. The van der Waals surface area contributed by atoms with Gasteiger partial charge in [0.2, 0.25) is 0 Å². The molecule has 16 heavy (non-hydrogen) atoms. The van der Waals surface area contributed by atoms with E-state index in [4.69, 9.17) is 5.11 Å². The molecule has 1 heterocycles. The molecule has 0 radical (unpaired) electrons. The van der Waals surface area contributed by atoms with Crippen LogP contribution in [0.25, 0.3) is 0 Å². The number of anilines is 2. The van der Waals surface area contributed by atoms with E-state index in [-0.39, 0.29) is 12.0 Å². The largest absolute Gasteiger partial charge is 0.481 e. The lowest BCUT2D eigenvalue weighted by atomic mass is 10.2. The first-order chi connectivity index (χ1) is 7.77. The van der Waals surface area contributed by atoms with Crippen LogP contribution < -0.4 is 10.2 Å². The fraction of sp³-hybridized carbons (Fsp3) is 0.417. The van der Waals surface area contributed by atoms with E-state index in [0.29, 0.717) is 0 Å². The minimum absolute atomic E-state index is 0.175. The van der Waals surface area contributed by atoms with Gasteiger partial charge in [-0.2, -0.15) is 0 Å². The molecule has 2 aliphatic rings. The van der Waals surface area contributed by atoms with Crippen LogP contribution in [0.4, 0.5) is 11.4 Å². The molecule has 0 aromatic heterocycles. The lowest BCUT2D eigenvalue weighted by Crippen LogP contribution is -2.37. The first-order valence-corrected chi connectivity index (χ1v) is 5.60. The maximum absolute atomic E-state index is 10.9. The standard InChI is InChI=1S/C12H14N2O2/c15-12(16)8-7-11(8)14-6-5-13-9-3-1-2-4-10(9)14/h1-4,8,11,13H,5-7H2,(H,15,16). The van der Waals surface area contributed by atoms with E-state index in [9.17, 15) is 4.79 Å². The Bertz CT molecular complexity index is 433. The van der Waals surface area contributed by atoms with E-state index in [2.05, 4.69) is 16.3 Å². The third-order valence-electron chi connectivity index (χ3n) is 3.36. The molecule has 4 nitrogen and oxygen atoms in total. The van der Waals surface area contributed by atoms with E-state index in [1.165, 1.54) is 0 Å². The third kappa shape index (κ3) is 1.41. The van der Waals surface area contributed by atoms with Crippen molar-refractivity contribution in [3.05, 3.63) is 24.3 Å². The maximum Gasteiger partial charge on any atom is 0.308 e. The number of carbonyl (C=O) groups is 1. The predicted molar refractivity (Wildman–Crippen MR) is 61.8 cm³/mol. The Labute approximate surface area is 93.9 Å². The first-order valence-electron chi connectivity index (χ1n) is 5.60.